The van der Waals surface area contributed by atoms with E-state index in [1.165, 1.54) is 6.92 Å². The smallest absolute Gasteiger partial charge is 0.331 e. The van der Waals surface area contributed by atoms with Crippen molar-refractivity contribution in [2.24, 2.45) is 5.73 Å². The van der Waals surface area contributed by atoms with Gasteiger partial charge in [0, 0.05) is 18.9 Å². The summed E-state index contributed by atoms with van der Waals surface area (Å²) in [6.45, 7) is 5.41. The van der Waals surface area contributed by atoms with E-state index in [2.05, 4.69) is 5.32 Å². The Morgan fingerprint density at radius 3 is 2.55 bits per heavy atom. The summed E-state index contributed by atoms with van der Waals surface area (Å²) in [6.07, 6.45) is 3.01. The van der Waals surface area contributed by atoms with Gasteiger partial charge >= 0.3 is 5.97 Å². The zero-order valence-corrected chi connectivity index (χ0v) is 12.3. The minimum absolute atomic E-state index is 0.0356. The van der Waals surface area contributed by atoms with Crippen molar-refractivity contribution in [1.82, 2.24) is 5.32 Å². The molecule has 6 nitrogen and oxygen atoms in total. The van der Waals surface area contributed by atoms with E-state index in [4.69, 9.17) is 15.6 Å². The van der Waals surface area contributed by atoms with Gasteiger partial charge in [0.05, 0.1) is 24.3 Å². The second-order valence-corrected chi connectivity index (χ2v) is 5.12. The summed E-state index contributed by atoms with van der Waals surface area (Å²) >= 11 is 0. The van der Waals surface area contributed by atoms with Crippen LogP contribution in [0.4, 0.5) is 0 Å². The Morgan fingerprint density at radius 1 is 1.50 bits per heavy atom. The van der Waals surface area contributed by atoms with E-state index < -0.39 is 24.2 Å². The van der Waals surface area contributed by atoms with Crippen LogP contribution in [0.15, 0.2) is 11.6 Å². The first kappa shape index (κ1) is 16.7. The third kappa shape index (κ3) is 4.31. The molecule has 0 fully saturated rings. The van der Waals surface area contributed by atoms with Gasteiger partial charge in [0.1, 0.15) is 0 Å². The summed E-state index contributed by atoms with van der Waals surface area (Å²) in [5.74, 6) is -1.22. The number of carbonyl (C=O) groups excluding carboxylic acids is 1. The molecular formula is C14H24N2O4. The maximum absolute atomic E-state index is 11.2. The van der Waals surface area contributed by atoms with Gasteiger partial charge in [-0.15, -0.1) is 0 Å². The van der Waals surface area contributed by atoms with Crippen LogP contribution in [0.3, 0.4) is 0 Å². The molecule has 20 heavy (non-hydrogen) atoms. The molecule has 0 bridgehead atoms. The average Bonchev–Trinajstić information content (AvgIpc) is 2.38. The van der Waals surface area contributed by atoms with Crippen LogP contribution in [0.2, 0.25) is 0 Å². The number of nitrogens with one attached hydrogen (secondary N) is 1. The molecule has 1 amide bonds. The molecule has 0 aromatic rings. The van der Waals surface area contributed by atoms with Crippen LogP contribution in [0.25, 0.3) is 0 Å². The third-order valence-electron chi connectivity index (χ3n) is 3.57. The third-order valence-corrected chi connectivity index (χ3v) is 3.57. The Kier molecular flexibility index (Phi) is 6.16. The van der Waals surface area contributed by atoms with Gasteiger partial charge in [0.15, 0.2) is 0 Å². The van der Waals surface area contributed by atoms with Crippen molar-refractivity contribution in [1.29, 1.82) is 0 Å². The maximum Gasteiger partial charge on any atom is 0.331 e. The average molecular weight is 284 g/mol. The Labute approximate surface area is 119 Å². The van der Waals surface area contributed by atoms with Gasteiger partial charge in [0.25, 0.3) is 0 Å². The fraction of sp³-hybridized carbons (Fsp3) is 0.714. The SMILES string of the molecule is CCC(CC)O[C@H]1C=C(C(=O)O)C[C@H](NC(C)=O)[C@H]1N. The molecule has 3 atom stereocenters. The van der Waals surface area contributed by atoms with E-state index in [-0.39, 0.29) is 24.0 Å². The molecule has 1 aliphatic rings. The second kappa shape index (κ2) is 7.40. The van der Waals surface area contributed by atoms with Crippen LogP contribution in [-0.2, 0) is 14.3 Å². The van der Waals surface area contributed by atoms with Crippen molar-refractivity contribution in [2.75, 3.05) is 0 Å². The van der Waals surface area contributed by atoms with E-state index in [1.54, 1.807) is 6.08 Å². The highest BCUT2D eigenvalue weighted by Crippen LogP contribution is 2.23. The predicted molar refractivity (Wildman–Crippen MR) is 75.2 cm³/mol. The van der Waals surface area contributed by atoms with Gasteiger partial charge in [-0.25, -0.2) is 4.79 Å². The van der Waals surface area contributed by atoms with E-state index in [1.807, 2.05) is 13.8 Å². The van der Waals surface area contributed by atoms with Crippen LogP contribution in [0, 0.1) is 0 Å². The highest BCUT2D eigenvalue weighted by Gasteiger charge is 2.34. The summed E-state index contributed by atoms with van der Waals surface area (Å²) in [5, 5.41) is 11.9. The second-order valence-electron chi connectivity index (χ2n) is 5.12. The normalized spacial score (nSPS) is 26.2. The Hall–Kier alpha value is -1.40. The molecule has 0 aliphatic heterocycles. The van der Waals surface area contributed by atoms with Crippen molar-refractivity contribution in [3.05, 3.63) is 11.6 Å². The zero-order chi connectivity index (χ0) is 15.3. The topological polar surface area (TPSA) is 102 Å². The Balaban J connectivity index is 2.90. The van der Waals surface area contributed by atoms with Crippen LogP contribution >= 0.6 is 0 Å². The van der Waals surface area contributed by atoms with Gasteiger partial charge in [-0.05, 0) is 18.9 Å². The fourth-order valence-corrected chi connectivity index (χ4v) is 2.38. The van der Waals surface area contributed by atoms with Crippen molar-refractivity contribution in [3.63, 3.8) is 0 Å². The van der Waals surface area contributed by atoms with Gasteiger partial charge < -0.3 is 20.9 Å². The molecular weight excluding hydrogens is 260 g/mol. The number of hydrogen-bond acceptors (Lipinski definition) is 4. The summed E-state index contributed by atoms with van der Waals surface area (Å²) < 4.78 is 5.88. The monoisotopic (exact) mass is 284 g/mol. The van der Waals surface area contributed by atoms with E-state index in [0.717, 1.165) is 12.8 Å². The van der Waals surface area contributed by atoms with Crippen LogP contribution in [0.5, 0.6) is 0 Å². The largest absolute Gasteiger partial charge is 0.478 e. The van der Waals surface area contributed by atoms with E-state index in [0.29, 0.717) is 0 Å². The highest BCUT2D eigenvalue weighted by atomic mass is 16.5. The number of nitrogens with two attached hydrogens (primary N) is 1. The molecule has 4 N–H and O–H groups in total. The minimum Gasteiger partial charge on any atom is -0.478 e. The summed E-state index contributed by atoms with van der Waals surface area (Å²) in [6, 6.07) is -0.856. The van der Waals surface area contributed by atoms with Crippen LogP contribution < -0.4 is 11.1 Å². The quantitative estimate of drug-likeness (QED) is 0.670. The lowest BCUT2D eigenvalue weighted by molar-refractivity contribution is -0.133. The zero-order valence-electron chi connectivity index (χ0n) is 12.3. The fourth-order valence-electron chi connectivity index (χ4n) is 2.38. The number of amides is 1. The molecule has 0 spiro atoms. The number of rotatable bonds is 6. The van der Waals surface area contributed by atoms with Crippen molar-refractivity contribution in [2.45, 2.75) is 64.3 Å². The highest BCUT2D eigenvalue weighted by molar-refractivity contribution is 5.87. The minimum atomic E-state index is -0.995. The lowest BCUT2D eigenvalue weighted by Crippen LogP contribution is -2.56. The maximum atomic E-state index is 11.2. The molecule has 0 aromatic heterocycles. The summed E-state index contributed by atoms with van der Waals surface area (Å²) in [4.78, 5) is 22.4. The summed E-state index contributed by atoms with van der Waals surface area (Å²) in [5.41, 5.74) is 6.35. The molecule has 6 heteroatoms. The molecule has 0 saturated heterocycles. The molecule has 0 aromatic carbocycles. The number of carboxylic acids is 1. The number of ether oxygens (including phenoxy) is 1. The van der Waals surface area contributed by atoms with Crippen molar-refractivity contribution < 1.29 is 19.4 Å². The molecule has 0 saturated carbocycles. The molecule has 0 heterocycles. The number of carboxylic acid groups (broad SMARTS) is 1. The van der Waals surface area contributed by atoms with E-state index >= 15 is 0 Å². The number of carbonyl (C=O) groups is 2. The molecule has 114 valence electrons. The molecule has 0 radical (unpaired) electrons. The molecule has 1 rings (SSSR count). The van der Waals surface area contributed by atoms with Gasteiger partial charge in [-0.2, -0.15) is 0 Å². The summed E-state index contributed by atoms with van der Waals surface area (Å²) in [7, 11) is 0. The molecule has 0 unspecified atom stereocenters. The predicted octanol–water partition coefficient (Wildman–Crippen LogP) is 0.807. The van der Waals surface area contributed by atoms with E-state index in [9.17, 15) is 9.59 Å². The number of hydrogen-bond donors (Lipinski definition) is 3. The first-order chi connectivity index (χ1) is 9.38. The Bertz CT molecular complexity index is 391. The van der Waals surface area contributed by atoms with Gasteiger partial charge in [0.2, 0.25) is 5.91 Å². The first-order valence-corrected chi connectivity index (χ1v) is 7.01. The standard InChI is InChI=1S/C14H24N2O4/c1-4-10(5-2)20-12-7-9(14(18)19)6-11(13(12)15)16-8(3)17/h7,10-13H,4-6,15H2,1-3H3,(H,16,17)(H,18,19)/t11-,12-,13+/m0/s1. The van der Waals surface area contributed by atoms with Gasteiger partial charge in [-0.1, -0.05) is 13.8 Å². The van der Waals surface area contributed by atoms with Crippen molar-refractivity contribution >= 4 is 11.9 Å². The molecule has 1 aliphatic carbocycles. The first-order valence-electron chi connectivity index (χ1n) is 7.01. The lowest BCUT2D eigenvalue weighted by Gasteiger charge is -2.35. The van der Waals surface area contributed by atoms with Crippen molar-refractivity contribution in [3.8, 4) is 0 Å². The number of aliphatic carboxylic acids is 1. The Morgan fingerprint density at radius 2 is 2.10 bits per heavy atom. The van der Waals surface area contributed by atoms with Crippen LogP contribution in [-0.4, -0.2) is 41.3 Å². The van der Waals surface area contributed by atoms with Gasteiger partial charge in [-0.3, -0.25) is 4.79 Å². The van der Waals surface area contributed by atoms with Crippen LogP contribution in [0.1, 0.15) is 40.0 Å². The lowest BCUT2D eigenvalue weighted by atomic mass is 9.88.